The molecule has 0 unspecified atom stereocenters. The van der Waals surface area contributed by atoms with E-state index < -0.39 is 28.3 Å². The Morgan fingerprint density at radius 3 is 2.12 bits per heavy atom. The molecule has 1 aliphatic rings. The van der Waals surface area contributed by atoms with Gasteiger partial charge in [-0.1, -0.05) is 128 Å². The predicted molar refractivity (Wildman–Crippen MR) is 228 cm³/mol. The molecule has 6 aromatic rings. The molecular formula is C48H51N3O6S. The molecule has 1 fully saturated rings. The summed E-state index contributed by atoms with van der Waals surface area (Å²) in [6.45, 7) is 6.85. The highest BCUT2D eigenvalue weighted by atomic mass is 32.2. The van der Waals surface area contributed by atoms with Crippen LogP contribution in [0.1, 0.15) is 65.7 Å². The van der Waals surface area contributed by atoms with Crippen molar-refractivity contribution in [1.29, 1.82) is 0 Å². The number of carbonyl (C=O) groups excluding carboxylic acids is 1. The lowest BCUT2D eigenvalue weighted by Gasteiger charge is -2.43. The molecule has 0 bridgehead atoms. The van der Waals surface area contributed by atoms with Crippen LogP contribution in [0.4, 0.5) is 5.69 Å². The summed E-state index contributed by atoms with van der Waals surface area (Å²) in [6.07, 6.45) is -1.03. The normalized spacial score (nSPS) is 19.5. The number of carbonyl (C=O) groups is 1. The second-order valence-corrected chi connectivity index (χ2v) is 17.0. The Morgan fingerprint density at radius 1 is 0.776 bits per heavy atom. The monoisotopic (exact) mass is 797 g/mol. The molecule has 0 saturated carbocycles. The number of aliphatic hydroxyl groups excluding tert-OH is 1. The van der Waals surface area contributed by atoms with Crippen LogP contribution in [0.2, 0.25) is 0 Å². The summed E-state index contributed by atoms with van der Waals surface area (Å²) in [7, 11) is -1.88. The van der Waals surface area contributed by atoms with Gasteiger partial charge in [0.25, 0.3) is 0 Å². The van der Waals surface area contributed by atoms with Crippen molar-refractivity contribution in [1.82, 2.24) is 9.62 Å². The number of fused-ring (bicyclic) bond motifs is 1. The summed E-state index contributed by atoms with van der Waals surface area (Å²) in [5, 5.41) is 15.0. The SMILES string of the molecule is Cc1ccc(S(=O)(=O)N[C@H](Cc2ccccc2)C(=O)Nc2ccc([C@H]3O[C@@H](CN(C)[C@H](C)c4ccc5ccccc5c4)[C@@H](C)[C@@H](c4ccc(CO)cc4)O3)cc2)cc1. The second kappa shape index (κ2) is 18.2. The number of amides is 1. The Bertz CT molecular complexity index is 2410. The van der Waals surface area contributed by atoms with E-state index in [-0.39, 0.29) is 42.1 Å². The van der Waals surface area contributed by atoms with E-state index in [1.165, 1.54) is 28.5 Å². The van der Waals surface area contributed by atoms with E-state index in [0.717, 1.165) is 27.8 Å². The molecule has 6 aromatic carbocycles. The third-order valence-corrected chi connectivity index (χ3v) is 12.7. The summed E-state index contributed by atoms with van der Waals surface area (Å²) in [6, 6.07) is 45.0. The number of hydrogen-bond donors (Lipinski definition) is 3. The number of aryl methyl sites for hydroxylation is 1. The third-order valence-electron chi connectivity index (χ3n) is 11.2. The van der Waals surface area contributed by atoms with Crippen LogP contribution < -0.4 is 10.0 Å². The predicted octanol–water partition coefficient (Wildman–Crippen LogP) is 8.65. The number of rotatable bonds is 14. The second-order valence-electron chi connectivity index (χ2n) is 15.3. The van der Waals surface area contributed by atoms with Gasteiger partial charge in [-0.15, -0.1) is 0 Å². The van der Waals surface area contributed by atoms with Crippen molar-refractivity contribution in [3.05, 3.63) is 179 Å². The van der Waals surface area contributed by atoms with Crippen LogP contribution in [0.3, 0.4) is 0 Å². The van der Waals surface area contributed by atoms with E-state index in [1.807, 2.05) is 73.7 Å². The van der Waals surface area contributed by atoms with E-state index in [2.05, 4.69) is 78.3 Å². The number of nitrogens with zero attached hydrogens (tertiary/aromatic N) is 1. The van der Waals surface area contributed by atoms with Gasteiger partial charge in [-0.2, -0.15) is 4.72 Å². The molecule has 58 heavy (non-hydrogen) atoms. The number of sulfonamides is 1. The Kier molecular flexibility index (Phi) is 12.8. The molecule has 6 atom stereocenters. The van der Waals surface area contributed by atoms with E-state index in [4.69, 9.17) is 9.47 Å². The number of likely N-dealkylation sites (N-methyl/N-ethyl adjacent to an activating group) is 1. The summed E-state index contributed by atoms with van der Waals surface area (Å²) in [5.74, 6) is -0.493. The zero-order valence-corrected chi connectivity index (χ0v) is 34.1. The minimum absolute atomic E-state index is 0.00808. The average molecular weight is 798 g/mol. The first-order valence-corrected chi connectivity index (χ1v) is 21.2. The first-order chi connectivity index (χ1) is 28.0. The zero-order chi connectivity index (χ0) is 40.8. The Hall–Kier alpha value is -5.20. The lowest BCUT2D eigenvalue weighted by molar-refractivity contribution is -0.276. The summed E-state index contributed by atoms with van der Waals surface area (Å²) < 4.78 is 43.0. The standard InChI is InChI=1S/C48H51N3O6S/c1-32-14-26-43(27-15-32)58(54,55)50-44(28-35-10-6-5-7-11-35)47(53)49-42-24-22-39(23-25-42)48-56-45(33(2)46(57-48)38-18-16-36(31-52)17-19-38)30-51(4)34(3)40-21-20-37-12-8-9-13-41(37)29-40/h5-27,29,33-34,44-46,48,50,52H,28,30-31H2,1-4H3,(H,49,53)/t33-,34-,44-,45+,46+,48+/m1/s1. The number of anilines is 1. The maximum atomic E-state index is 13.8. The van der Waals surface area contributed by atoms with Gasteiger partial charge in [0.2, 0.25) is 15.9 Å². The van der Waals surface area contributed by atoms with Crippen molar-refractivity contribution in [2.24, 2.45) is 5.92 Å². The van der Waals surface area contributed by atoms with Crippen LogP contribution >= 0.6 is 0 Å². The molecule has 3 N–H and O–H groups in total. The van der Waals surface area contributed by atoms with Gasteiger partial charge in [-0.05, 0) is 90.7 Å². The molecule has 1 aliphatic heterocycles. The van der Waals surface area contributed by atoms with Crippen LogP contribution in [0.15, 0.2) is 150 Å². The molecule has 300 valence electrons. The van der Waals surface area contributed by atoms with Crippen LogP contribution in [-0.4, -0.2) is 50.1 Å². The fraction of sp³-hybridized carbons (Fsp3) is 0.271. The van der Waals surface area contributed by atoms with Gasteiger partial charge in [0.1, 0.15) is 6.04 Å². The Labute approximate surface area is 341 Å². The smallest absolute Gasteiger partial charge is 0.242 e. The summed E-state index contributed by atoms with van der Waals surface area (Å²) in [5.41, 5.74) is 6.07. The first-order valence-electron chi connectivity index (χ1n) is 19.7. The molecule has 0 aromatic heterocycles. The highest BCUT2D eigenvalue weighted by molar-refractivity contribution is 7.89. The van der Waals surface area contributed by atoms with Crippen LogP contribution in [0.25, 0.3) is 10.8 Å². The lowest BCUT2D eigenvalue weighted by Crippen LogP contribution is -2.45. The maximum absolute atomic E-state index is 13.8. The van der Waals surface area contributed by atoms with Crippen LogP contribution in [0.5, 0.6) is 0 Å². The molecule has 1 amide bonds. The number of ether oxygens (including phenoxy) is 2. The fourth-order valence-electron chi connectivity index (χ4n) is 7.46. The van der Waals surface area contributed by atoms with Crippen LogP contribution in [0, 0.1) is 12.8 Å². The van der Waals surface area contributed by atoms with Gasteiger partial charge in [0, 0.05) is 29.8 Å². The van der Waals surface area contributed by atoms with E-state index in [1.54, 1.807) is 24.3 Å². The van der Waals surface area contributed by atoms with Gasteiger partial charge >= 0.3 is 0 Å². The van der Waals surface area contributed by atoms with Crippen molar-refractivity contribution in [3.63, 3.8) is 0 Å². The van der Waals surface area contributed by atoms with Gasteiger partial charge in [-0.3, -0.25) is 9.69 Å². The lowest BCUT2D eigenvalue weighted by atomic mass is 9.89. The van der Waals surface area contributed by atoms with Crippen molar-refractivity contribution >= 4 is 32.4 Å². The molecule has 7 rings (SSSR count). The molecule has 0 spiro atoms. The number of nitrogens with one attached hydrogen (secondary N) is 2. The van der Waals surface area contributed by atoms with Crippen molar-refractivity contribution < 1.29 is 27.8 Å². The molecule has 0 aliphatic carbocycles. The van der Waals surface area contributed by atoms with Crippen LogP contribution in [-0.2, 0) is 37.3 Å². The Morgan fingerprint density at radius 2 is 1.43 bits per heavy atom. The van der Waals surface area contributed by atoms with Crippen molar-refractivity contribution in [2.75, 3.05) is 18.9 Å². The molecule has 9 nitrogen and oxygen atoms in total. The Balaban J connectivity index is 1.09. The highest BCUT2D eigenvalue weighted by Crippen LogP contribution is 2.42. The number of benzene rings is 6. The third kappa shape index (κ3) is 9.73. The average Bonchev–Trinajstić information content (AvgIpc) is 3.24. The topological polar surface area (TPSA) is 117 Å². The number of hydrogen-bond acceptors (Lipinski definition) is 7. The molecule has 1 saturated heterocycles. The van der Waals surface area contributed by atoms with Gasteiger partial charge in [-0.25, -0.2) is 8.42 Å². The molecule has 1 heterocycles. The van der Waals surface area contributed by atoms with E-state index in [0.29, 0.717) is 12.2 Å². The minimum Gasteiger partial charge on any atom is -0.392 e. The van der Waals surface area contributed by atoms with Gasteiger partial charge in [0.15, 0.2) is 6.29 Å². The van der Waals surface area contributed by atoms with Crippen molar-refractivity contribution in [2.45, 2.75) is 69.3 Å². The number of aliphatic hydroxyl groups is 1. The van der Waals surface area contributed by atoms with E-state index >= 15 is 0 Å². The minimum atomic E-state index is -4.00. The first kappa shape index (κ1) is 41.0. The quantitative estimate of drug-likeness (QED) is 0.101. The zero-order valence-electron chi connectivity index (χ0n) is 33.3. The van der Waals surface area contributed by atoms with Gasteiger partial charge < -0.3 is 19.9 Å². The largest absolute Gasteiger partial charge is 0.392 e. The molecule has 10 heteroatoms. The van der Waals surface area contributed by atoms with Gasteiger partial charge in [0.05, 0.1) is 23.7 Å². The summed E-state index contributed by atoms with van der Waals surface area (Å²) in [4.78, 5) is 16.2. The fourth-order valence-corrected chi connectivity index (χ4v) is 8.65. The van der Waals surface area contributed by atoms with Crippen molar-refractivity contribution in [3.8, 4) is 0 Å². The molecule has 0 radical (unpaired) electrons. The maximum Gasteiger partial charge on any atom is 0.242 e. The molecular weight excluding hydrogens is 747 g/mol. The highest BCUT2D eigenvalue weighted by Gasteiger charge is 2.39. The summed E-state index contributed by atoms with van der Waals surface area (Å²) >= 11 is 0. The van der Waals surface area contributed by atoms with E-state index in [9.17, 15) is 18.3 Å².